The van der Waals surface area contributed by atoms with Gasteiger partial charge in [-0.05, 0) is 23.4 Å². The molecule has 1 aromatic carbocycles. The number of nitrogens with zero attached hydrogens (tertiary/aromatic N) is 1. The summed E-state index contributed by atoms with van der Waals surface area (Å²) in [5.74, 6) is 0. The molecule has 0 aliphatic heterocycles. The van der Waals surface area contributed by atoms with Crippen molar-refractivity contribution in [2.75, 3.05) is 0 Å². The average Bonchev–Trinajstić information content (AvgIpc) is 1.95. The zero-order chi connectivity index (χ0) is 7.56. The SMILES string of the molecule is [C-]#[N+]c1ccc(C)c(S)c1. The van der Waals surface area contributed by atoms with E-state index in [1.807, 2.05) is 13.0 Å². The monoisotopic (exact) mass is 149 g/mol. The van der Waals surface area contributed by atoms with Crippen LogP contribution in [0.4, 0.5) is 5.69 Å². The van der Waals surface area contributed by atoms with Gasteiger partial charge in [-0.15, -0.1) is 12.6 Å². The predicted molar refractivity (Wildman–Crippen MR) is 44.7 cm³/mol. The number of benzene rings is 1. The molecule has 0 aliphatic carbocycles. The molecule has 2 heteroatoms. The molecule has 1 rings (SSSR count). The molecule has 10 heavy (non-hydrogen) atoms. The van der Waals surface area contributed by atoms with Gasteiger partial charge in [-0.25, -0.2) is 4.85 Å². The van der Waals surface area contributed by atoms with Crippen molar-refractivity contribution in [2.24, 2.45) is 0 Å². The Morgan fingerprint density at radius 2 is 2.20 bits per heavy atom. The quantitative estimate of drug-likeness (QED) is 0.427. The molecule has 0 atom stereocenters. The standard InChI is InChI=1S/C8H7NS/c1-6-3-4-7(9-2)5-8(6)10/h3-5,10H,1H3. The van der Waals surface area contributed by atoms with Crippen molar-refractivity contribution in [3.05, 3.63) is 35.2 Å². The molecule has 0 aliphatic rings. The maximum atomic E-state index is 6.70. The molecule has 1 nitrogen and oxygen atoms in total. The molecule has 0 spiro atoms. The van der Waals surface area contributed by atoms with E-state index in [9.17, 15) is 0 Å². The molecule has 0 saturated heterocycles. The van der Waals surface area contributed by atoms with Crippen molar-refractivity contribution in [1.82, 2.24) is 0 Å². The minimum absolute atomic E-state index is 0.649. The first kappa shape index (κ1) is 7.17. The van der Waals surface area contributed by atoms with Crippen LogP contribution in [0.2, 0.25) is 0 Å². The lowest BCUT2D eigenvalue weighted by atomic mass is 10.2. The summed E-state index contributed by atoms with van der Waals surface area (Å²) in [4.78, 5) is 4.16. The Kier molecular flexibility index (Phi) is 1.98. The summed E-state index contributed by atoms with van der Waals surface area (Å²) in [5, 5.41) is 0. The fourth-order valence-electron chi connectivity index (χ4n) is 0.667. The van der Waals surface area contributed by atoms with E-state index in [1.165, 1.54) is 0 Å². The highest BCUT2D eigenvalue weighted by Crippen LogP contribution is 2.19. The molecule has 0 fully saturated rings. The van der Waals surface area contributed by atoms with Crippen molar-refractivity contribution in [3.63, 3.8) is 0 Å². The molecule has 0 N–H and O–H groups in total. The van der Waals surface area contributed by atoms with Gasteiger partial charge in [0.05, 0.1) is 6.57 Å². The van der Waals surface area contributed by atoms with E-state index in [0.717, 1.165) is 10.5 Å². The van der Waals surface area contributed by atoms with E-state index in [0.29, 0.717) is 5.69 Å². The molecule has 0 radical (unpaired) electrons. The minimum atomic E-state index is 0.649. The third kappa shape index (κ3) is 1.31. The number of hydrogen-bond donors (Lipinski definition) is 1. The first-order valence-electron chi connectivity index (χ1n) is 2.91. The second-order valence-corrected chi connectivity index (χ2v) is 2.56. The Hall–Kier alpha value is -0.940. The summed E-state index contributed by atoms with van der Waals surface area (Å²) in [6.07, 6.45) is 0. The van der Waals surface area contributed by atoms with Gasteiger partial charge in [-0.1, -0.05) is 12.1 Å². The molecule has 0 saturated carbocycles. The molecular weight excluding hydrogens is 142 g/mol. The van der Waals surface area contributed by atoms with Gasteiger partial charge in [0.1, 0.15) is 0 Å². The minimum Gasteiger partial charge on any atom is -0.238 e. The van der Waals surface area contributed by atoms with E-state index < -0.39 is 0 Å². The molecular formula is C8H7NS. The Labute approximate surface area is 65.9 Å². The lowest BCUT2D eigenvalue weighted by Gasteiger charge is -1.96. The maximum absolute atomic E-state index is 6.70. The average molecular weight is 149 g/mol. The summed E-state index contributed by atoms with van der Waals surface area (Å²) < 4.78 is 0. The Balaban J connectivity index is 3.20. The Morgan fingerprint density at radius 1 is 1.50 bits per heavy atom. The van der Waals surface area contributed by atoms with Gasteiger partial charge in [0.15, 0.2) is 5.69 Å². The van der Waals surface area contributed by atoms with Crippen LogP contribution in [0.15, 0.2) is 23.1 Å². The van der Waals surface area contributed by atoms with Crippen molar-refractivity contribution in [1.29, 1.82) is 0 Å². The maximum Gasteiger partial charge on any atom is 0.188 e. The molecule has 0 bridgehead atoms. The first-order chi connectivity index (χ1) is 4.74. The largest absolute Gasteiger partial charge is 0.238 e. The highest BCUT2D eigenvalue weighted by atomic mass is 32.1. The van der Waals surface area contributed by atoms with Crippen LogP contribution in [-0.4, -0.2) is 0 Å². The molecule has 0 amide bonds. The van der Waals surface area contributed by atoms with Crippen LogP contribution in [-0.2, 0) is 0 Å². The highest BCUT2D eigenvalue weighted by molar-refractivity contribution is 7.80. The van der Waals surface area contributed by atoms with Crippen LogP contribution < -0.4 is 0 Å². The number of aryl methyl sites for hydroxylation is 1. The molecule has 0 heterocycles. The van der Waals surface area contributed by atoms with Gasteiger partial charge >= 0.3 is 0 Å². The molecule has 1 aromatic rings. The van der Waals surface area contributed by atoms with E-state index in [1.54, 1.807) is 12.1 Å². The second-order valence-electron chi connectivity index (χ2n) is 2.08. The van der Waals surface area contributed by atoms with Gasteiger partial charge in [-0.2, -0.15) is 0 Å². The molecule has 50 valence electrons. The van der Waals surface area contributed by atoms with Crippen molar-refractivity contribution >= 4 is 18.3 Å². The van der Waals surface area contributed by atoms with Gasteiger partial charge in [0.25, 0.3) is 0 Å². The Bertz CT molecular complexity index is 286. The predicted octanol–water partition coefficient (Wildman–Crippen LogP) is 2.83. The lowest BCUT2D eigenvalue weighted by Crippen LogP contribution is -1.72. The van der Waals surface area contributed by atoms with E-state index in [-0.39, 0.29) is 0 Å². The number of thiol groups is 1. The lowest BCUT2D eigenvalue weighted by molar-refractivity contribution is 1.32. The van der Waals surface area contributed by atoms with Crippen LogP contribution in [0.25, 0.3) is 4.85 Å². The molecule has 0 unspecified atom stereocenters. The van der Waals surface area contributed by atoms with Crippen LogP contribution in [0, 0.1) is 13.5 Å². The van der Waals surface area contributed by atoms with Crippen molar-refractivity contribution < 1.29 is 0 Å². The van der Waals surface area contributed by atoms with Crippen molar-refractivity contribution in [3.8, 4) is 0 Å². The van der Waals surface area contributed by atoms with Gasteiger partial charge in [0.2, 0.25) is 0 Å². The van der Waals surface area contributed by atoms with Gasteiger partial charge < -0.3 is 0 Å². The van der Waals surface area contributed by atoms with E-state index in [4.69, 9.17) is 6.57 Å². The normalized spacial score (nSPS) is 8.90. The summed E-state index contributed by atoms with van der Waals surface area (Å²) in [6, 6.07) is 5.46. The Morgan fingerprint density at radius 3 is 2.70 bits per heavy atom. The van der Waals surface area contributed by atoms with Gasteiger partial charge in [0, 0.05) is 0 Å². The second kappa shape index (κ2) is 2.76. The fraction of sp³-hybridized carbons (Fsp3) is 0.125. The summed E-state index contributed by atoms with van der Waals surface area (Å²) in [6.45, 7) is 8.67. The third-order valence-corrected chi connectivity index (χ3v) is 1.80. The zero-order valence-corrected chi connectivity index (χ0v) is 6.52. The third-order valence-electron chi connectivity index (χ3n) is 1.32. The summed E-state index contributed by atoms with van der Waals surface area (Å²) in [5.41, 5.74) is 1.76. The van der Waals surface area contributed by atoms with E-state index >= 15 is 0 Å². The highest BCUT2D eigenvalue weighted by Gasteiger charge is 1.93. The summed E-state index contributed by atoms with van der Waals surface area (Å²) >= 11 is 4.18. The number of hydrogen-bond acceptors (Lipinski definition) is 1. The topological polar surface area (TPSA) is 4.36 Å². The van der Waals surface area contributed by atoms with Crippen LogP contribution in [0.5, 0.6) is 0 Å². The first-order valence-corrected chi connectivity index (χ1v) is 3.36. The van der Waals surface area contributed by atoms with Crippen LogP contribution in [0.3, 0.4) is 0 Å². The fourth-order valence-corrected chi connectivity index (χ4v) is 0.874. The van der Waals surface area contributed by atoms with Crippen LogP contribution >= 0.6 is 12.6 Å². The van der Waals surface area contributed by atoms with Crippen LogP contribution in [0.1, 0.15) is 5.56 Å². The van der Waals surface area contributed by atoms with E-state index in [2.05, 4.69) is 17.5 Å². The molecule has 0 aromatic heterocycles. The zero-order valence-electron chi connectivity index (χ0n) is 5.63. The number of rotatable bonds is 0. The van der Waals surface area contributed by atoms with Crippen molar-refractivity contribution in [2.45, 2.75) is 11.8 Å². The van der Waals surface area contributed by atoms with Gasteiger partial charge in [-0.3, -0.25) is 0 Å². The summed E-state index contributed by atoms with van der Waals surface area (Å²) in [7, 11) is 0. The smallest absolute Gasteiger partial charge is 0.188 e.